The standard InChI is InChI=1S/C10H6BrF2N3O/c11-10(16-5-14-4-15-16)9(17)7-2-1-6(12)3-8(7)13/h1-5,10H. The van der Waals surface area contributed by atoms with Gasteiger partial charge in [0, 0.05) is 6.07 Å². The zero-order valence-corrected chi connectivity index (χ0v) is 9.93. The third-order valence-corrected chi connectivity index (χ3v) is 2.92. The van der Waals surface area contributed by atoms with Crippen LogP contribution in [0.5, 0.6) is 0 Å². The van der Waals surface area contributed by atoms with Crippen molar-refractivity contribution in [1.82, 2.24) is 14.8 Å². The molecule has 0 aliphatic carbocycles. The van der Waals surface area contributed by atoms with Crippen molar-refractivity contribution in [3.63, 3.8) is 0 Å². The quantitative estimate of drug-likeness (QED) is 0.646. The zero-order valence-electron chi connectivity index (χ0n) is 8.35. The fourth-order valence-electron chi connectivity index (χ4n) is 1.27. The Bertz CT molecular complexity index is 544. The molecule has 0 N–H and O–H groups in total. The number of alkyl halides is 1. The minimum absolute atomic E-state index is 0.205. The van der Waals surface area contributed by atoms with Gasteiger partial charge in [0.2, 0.25) is 5.78 Å². The van der Waals surface area contributed by atoms with Crippen molar-refractivity contribution in [2.24, 2.45) is 0 Å². The number of halogens is 3. The molecule has 1 heterocycles. The molecule has 17 heavy (non-hydrogen) atoms. The Hall–Kier alpha value is -1.63. The average Bonchev–Trinajstić information content (AvgIpc) is 2.80. The third-order valence-electron chi connectivity index (χ3n) is 2.08. The van der Waals surface area contributed by atoms with Gasteiger partial charge in [-0.1, -0.05) is 15.9 Å². The maximum atomic E-state index is 13.4. The van der Waals surface area contributed by atoms with Gasteiger partial charge in [0.15, 0.2) is 4.95 Å². The van der Waals surface area contributed by atoms with Crippen molar-refractivity contribution in [2.75, 3.05) is 0 Å². The van der Waals surface area contributed by atoms with Crippen molar-refractivity contribution in [3.8, 4) is 0 Å². The van der Waals surface area contributed by atoms with Gasteiger partial charge >= 0.3 is 0 Å². The minimum atomic E-state index is -0.903. The van der Waals surface area contributed by atoms with Gasteiger partial charge in [-0.3, -0.25) is 4.79 Å². The van der Waals surface area contributed by atoms with Gasteiger partial charge in [-0.15, -0.1) is 0 Å². The lowest BCUT2D eigenvalue weighted by molar-refractivity contribution is 0.0961. The molecule has 0 bridgehead atoms. The van der Waals surface area contributed by atoms with E-state index >= 15 is 0 Å². The molecule has 0 spiro atoms. The molecule has 0 aliphatic heterocycles. The number of nitrogens with zero attached hydrogens (tertiary/aromatic N) is 3. The monoisotopic (exact) mass is 301 g/mol. The van der Waals surface area contributed by atoms with Gasteiger partial charge in [-0.05, 0) is 12.1 Å². The molecule has 0 saturated carbocycles. The van der Waals surface area contributed by atoms with Crippen LogP contribution >= 0.6 is 15.9 Å². The van der Waals surface area contributed by atoms with Crippen LogP contribution in [0.4, 0.5) is 8.78 Å². The van der Waals surface area contributed by atoms with Gasteiger partial charge in [0.05, 0.1) is 5.56 Å². The lowest BCUT2D eigenvalue weighted by Crippen LogP contribution is -2.16. The average molecular weight is 302 g/mol. The van der Waals surface area contributed by atoms with E-state index in [1.807, 2.05) is 0 Å². The van der Waals surface area contributed by atoms with E-state index in [1.54, 1.807) is 0 Å². The number of ketones is 1. The number of carbonyl (C=O) groups is 1. The summed E-state index contributed by atoms with van der Waals surface area (Å²) in [4.78, 5) is 14.7. The van der Waals surface area contributed by atoms with E-state index < -0.39 is 22.4 Å². The molecule has 0 aliphatic rings. The van der Waals surface area contributed by atoms with Crippen LogP contribution in [0.1, 0.15) is 15.3 Å². The normalized spacial score (nSPS) is 12.4. The summed E-state index contributed by atoms with van der Waals surface area (Å²) in [5, 5.41) is 3.75. The largest absolute Gasteiger partial charge is 0.291 e. The van der Waals surface area contributed by atoms with Gasteiger partial charge in [0.1, 0.15) is 24.3 Å². The summed E-state index contributed by atoms with van der Waals surface area (Å²) >= 11 is 3.07. The molecule has 1 aromatic heterocycles. The fourth-order valence-corrected chi connectivity index (χ4v) is 1.73. The first kappa shape index (κ1) is 11.8. The predicted octanol–water partition coefficient (Wildman–Crippen LogP) is 2.33. The molecule has 2 rings (SSSR count). The SMILES string of the molecule is O=C(c1ccc(F)cc1F)C(Br)n1cncn1. The molecule has 7 heteroatoms. The first-order valence-corrected chi connectivity index (χ1v) is 5.48. The number of aromatic nitrogens is 3. The molecule has 1 unspecified atom stereocenters. The van der Waals surface area contributed by atoms with E-state index in [1.165, 1.54) is 17.3 Å². The van der Waals surface area contributed by atoms with Crippen LogP contribution in [-0.4, -0.2) is 20.5 Å². The summed E-state index contributed by atoms with van der Waals surface area (Å²) in [6.07, 6.45) is 2.57. The molecular formula is C10H6BrF2N3O. The first-order valence-electron chi connectivity index (χ1n) is 4.57. The summed E-state index contributed by atoms with van der Waals surface area (Å²) in [6, 6.07) is 2.78. The molecule has 4 nitrogen and oxygen atoms in total. The highest BCUT2D eigenvalue weighted by Gasteiger charge is 2.22. The van der Waals surface area contributed by atoms with Crippen molar-refractivity contribution < 1.29 is 13.6 Å². The molecular weight excluding hydrogens is 296 g/mol. The summed E-state index contributed by atoms with van der Waals surface area (Å²) < 4.78 is 27.3. The Labute approximate surface area is 103 Å². The van der Waals surface area contributed by atoms with Crippen LogP contribution in [0, 0.1) is 11.6 Å². The molecule has 2 aromatic rings. The molecule has 0 amide bonds. The molecule has 0 radical (unpaired) electrons. The van der Waals surface area contributed by atoms with Crippen LogP contribution in [0.3, 0.4) is 0 Å². The van der Waals surface area contributed by atoms with Crippen molar-refractivity contribution >= 4 is 21.7 Å². The maximum Gasteiger partial charge on any atom is 0.201 e. The Morgan fingerprint density at radius 3 is 2.76 bits per heavy atom. The van der Waals surface area contributed by atoms with Crippen molar-refractivity contribution in [2.45, 2.75) is 4.95 Å². The lowest BCUT2D eigenvalue weighted by atomic mass is 10.1. The number of Topliss-reactive ketones (excluding diaryl/α,β-unsaturated/α-hetero) is 1. The molecule has 1 aromatic carbocycles. The second-order valence-electron chi connectivity index (χ2n) is 3.20. The van der Waals surface area contributed by atoms with E-state index in [0.717, 1.165) is 12.1 Å². The highest BCUT2D eigenvalue weighted by atomic mass is 79.9. The molecule has 1 atom stereocenters. The highest BCUT2D eigenvalue weighted by Crippen LogP contribution is 2.21. The van der Waals surface area contributed by atoms with Crippen molar-refractivity contribution in [3.05, 3.63) is 48.1 Å². The number of hydrogen-bond acceptors (Lipinski definition) is 3. The van der Waals surface area contributed by atoms with Gasteiger partial charge in [-0.2, -0.15) is 5.10 Å². The van der Waals surface area contributed by atoms with E-state index in [0.29, 0.717) is 6.07 Å². The van der Waals surface area contributed by atoms with Crippen LogP contribution in [0.15, 0.2) is 30.9 Å². The van der Waals surface area contributed by atoms with Crippen molar-refractivity contribution in [1.29, 1.82) is 0 Å². The highest BCUT2D eigenvalue weighted by molar-refractivity contribution is 9.09. The molecule has 88 valence electrons. The summed E-state index contributed by atoms with van der Waals surface area (Å²) in [5.41, 5.74) is -0.205. The second kappa shape index (κ2) is 4.70. The van der Waals surface area contributed by atoms with Gasteiger partial charge in [0.25, 0.3) is 0 Å². The van der Waals surface area contributed by atoms with Crippen LogP contribution in [-0.2, 0) is 0 Å². The fraction of sp³-hybridized carbons (Fsp3) is 0.100. The smallest absolute Gasteiger partial charge is 0.201 e. The lowest BCUT2D eigenvalue weighted by Gasteiger charge is -2.09. The number of hydrogen-bond donors (Lipinski definition) is 0. The Morgan fingerprint density at radius 1 is 1.41 bits per heavy atom. The predicted molar refractivity (Wildman–Crippen MR) is 58.7 cm³/mol. The van der Waals surface area contributed by atoms with Gasteiger partial charge in [-0.25, -0.2) is 18.4 Å². The van der Waals surface area contributed by atoms with E-state index in [9.17, 15) is 13.6 Å². The van der Waals surface area contributed by atoms with E-state index in [4.69, 9.17) is 0 Å². The molecule has 0 fully saturated rings. The van der Waals surface area contributed by atoms with Crippen LogP contribution < -0.4 is 0 Å². The molecule has 0 saturated heterocycles. The minimum Gasteiger partial charge on any atom is -0.291 e. The third kappa shape index (κ3) is 2.38. The summed E-state index contributed by atoms with van der Waals surface area (Å²) in [6.45, 7) is 0. The number of benzene rings is 1. The number of carbonyl (C=O) groups excluding carboxylic acids is 1. The van der Waals surface area contributed by atoms with Crippen LogP contribution in [0.25, 0.3) is 0 Å². The van der Waals surface area contributed by atoms with Crippen LogP contribution in [0.2, 0.25) is 0 Å². The summed E-state index contributed by atoms with van der Waals surface area (Å²) in [5.74, 6) is -2.20. The zero-order chi connectivity index (χ0) is 12.4. The first-order chi connectivity index (χ1) is 8.09. The maximum absolute atomic E-state index is 13.4. The topological polar surface area (TPSA) is 47.8 Å². The summed E-state index contributed by atoms with van der Waals surface area (Å²) in [7, 11) is 0. The van der Waals surface area contributed by atoms with E-state index in [-0.39, 0.29) is 5.56 Å². The number of rotatable bonds is 3. The second-order valence-corrected chi connectivity index (χ2v) is 4.07. The Morgan fingerprint density at radius 2 is 2.18 bits per heavy atom. The Balaban J connectivity index is 2.31. The van der Waals surface area contributed by atoms with Gasteiger partial charge < -0.3 is 0 Å². The Kier molecular flexibility index (Phi) is 3.28. The van der Waals surface area contributed by atoms with E-state index in [2.05, 4.69) is 26.0 Å².